The number of hydrogen-bond acceptors (Lipinski definition) is 3. The summed E-state index contributed by atoms with van der Waals surface area (Å²) < 4.78 is 5.36. The van der Waals surface area contributed by atoms with Gasteiger partial charge in [-0.05, 0) is 24.8 Å². The smallest absolute Gasteiger partial charge is 0.302 e. The zero-order chi connectivity index (χ0) is 15.7. The predicted octanol–water partition coefficient (Wildman–Crippen LogP) is 2.74. The number of nitrogens with zero attached hydrogens (tertiary/aromatic N) is 1. The van der Waals surface area contributed by atoms with Crippen molar-refractivity contribution in [3.8, 4) is 0 Å². The van der Waals surface area contributed by atoms with Crippen LogP contribution >= 0.6 is 11.6 Å². The van der Waals surface area contributed by atoms with E-state index < -0.39 is 5.38 Å². The largest absolute Gasteiger partial charge is 0.462 e. The van der Waals surface area contributed by atoms with Crippen LogP contribution in [0.3, 0.4) is 0 Å². The number of piperidine rings is 1. The lowest BCUT2D eigenvalue weighted by Gasteiger charge is -2.47. The fourth-order valence-corrected chi connectivity index (χ4v) is 4.00. The molecule has 3 rings (SSSR count). The van der Waals surface area contributed by atoms with Gasteiger partial charge in [-0.2, -0.15) is 0 Å². The highest BCUT2D eigenvalue weighted by atomic mass is 35.5. The lowest BCUT2D eigenvalue weighted by molar-refractivity contribution is -0.160. The summed E-state index contributed by atoms with van der Waals surface area (Å²) in [5.41, 5.74) is 1.11. The number of alkyl halides is 1. The molecule has 1 aromatic rings. The molecule has 5 heteroatoms. The number of amides is 1. The molecule has 2 aliphatic rings. The number of carbonyl (C=O) groups excluding carboxylic acids is 2. The molecule has 1 heterocycles. The Hall–Kier alpha value is -1.55. The molecule has 1 saturated carbocycles. The highest BCUT2D eigenvalue weighted by molar-refractivity contribution is 6.31. The summed E-state index contributed by atoms with van der Waals surface area (Å²) in [7, 11) is 0. The second-order valence-electron chi connectivity index (χ2n) is 6.13. The fourth-order valence-electron chi connectivity index (χ4n) is 3.61. The molecule has 2 fully saturated rings. The summed E-state index contributed by atoms with van der Waals surface area (Å²) in [4.78, 5) is 25.7. The van der Waals surface area contributed by atoms with Crippen molar-refractivity contribution >= 4 is 23.5 Å². The highest BCUT2D eigenvalue weighted by Crippen LogP contribution is 2.40. The van der Waals surface area contributed by atoms with Gasteiger partial charge in [-0.25, -0.2) is 0 Å². The van der Waals surface area contributed by atoms with Gasteiger partial charge in [0, 0.05) is 25.4 Å². The average molecular weight is 322 g/mol. The lowest BCUT2D eigenvalue weighted by Crippen LogP contribution is -2.57. The second-order valence-corrected chi connectivity index (χ2v) is 6.60. The third kappa shape index (κ3) is 2.98. The SMILES string of the molecule is CC(=O)O[C@@H]1CC[C@@H]2C[C@H]1[C@@H](Cl)C(=O)N2Cc1ccccc1. The van der Waals surface area contributed by atoms with Crippen molar-refractivity contribution in [1.29, 1.82) is 0 Å². The van der Waals surface area contributed by atoms with Crippen LogP contribution in [0.5, 0.6) is 0 Å². The van der Waals surface area contributed by atoms with Crippen molar-refractivity contribution in [2.45, 2.75) is 50.3 Å². The summed E-state index contributed by atoms with van der Waals surface area (Å²) in [6.45, 7) is 2.00. The topological polar surface area (TPSA) is 46.6 Å². The first kappa shape index (κ1) is 15.3. The van der Waals surface area contributed by atoms with Gasteiger partial charge in [-0.1, -0.05) is 30.3 Å². The Morgan fingerprint density at radius 2 is 2.05 bits per heavy atom. The Kier molecular flexibility index (Phi) is 4.39. The highest BCUT2D eigenvalue weighted by Gasteiger charge is 2.48. The maximum Gasteiger partial charge on any atom is 0.302 e. The van der Waals surface area contributed by atoms with Crippen LogP contribution in [0.4, 0.5) is 0 Å². The molecule has 118 valence electrons. The van der Waals surface area contributed by atoms with Gasteiger partial charge >= 0.3 is 5.97 Å². The van der Waals surface area contributed by atoms with Crippen LogP contribution < -0.4 is 0 Å². The van der Waals surface area contributed by atoms with E-state index in [2.05, 4.69) is 0 Å². The van der Waals surface area contributed by atoms with Crippen LogP contribution in [0.25, 0.3) is 0 Å². The van der Waals surface area contributed by atoms with Crippen molar-refractivity contribution in [2.75, 3.05) is 0 Å². The molecule has 1 amide bonds. The van der Waals surface area contributed by atoms with Crippen LogP contribution in [0.1, 0.15) is 31.7 Å². The number of carbonyl (C=O) groups is 2. The minimum absolute atomic E-state index is 0.0383. The van der Waals surface area contributed by atoms with Crippen molar-refractivity contribution in [3.05, 3.63) is 35.9 Å². The predicted molar refractivity (Wildman–Crippen MR) is 83.3 cm³/mol. The first-order valence-electron chi connectivity index (χ1n) is 7.72. The maximum atomic E-state index is 12.6. The second kappa shape index (κ2) is 6.29. The third-order valence-corrected chi connectivity index (χ3v) is 5.17. The minimum Gasteiger partial charge on any atom is -0.462 e. The van der Waals surface area contributed by atoms with Gasteiger partial charge in [-0.15, -0.1) is 11.6 Å². The van der Waals surface area contributed by atoms with Gasteiger partial charge in [0.25, 0.3) is 0 Å². The zero-order valence-electron chi connectivity index (χ0n) is 12.6. The molecule has 1 aromatic carbocycles. The van der Waals surface area contributed by atoms with E-state index in [0.29, 0.717) is 6.54 Å². The summed E-state index contributed by atoms with van der Waals surface area (Å²) >= 11 is 6.39. The molecule has 0 aromatic heterocycles. The van der Waals surface area contributed by atoms with Crippen LogP contribution in [0, 0.1) is 5.92 Å². The summed E-state index contributed by atoms with van der Waals surface area (Å²) in [6, 6.07) is 10.1. The molecule has 0 radical (unpaired) electrons. The molecule has 1 aliphatic carbocycles. The van der Waals surface area contributed by atoms with Gasteiger partial charge in [0.05, 0.1) is 0 Å². The van der Waals surface area contributed by atoms with Crippen LogP contribution in [0.2, 0.25) is 0 Å². The number of rotatable bonds is 3. The standard InChI is InChI=1S/C17H20ClNO3/c1-11(20)22-15-8-7-13-9-14(15)16(18)17(21)19(13)10-12-5-3-2-4-6-12/h2-6,13-16H,7-10H2,1H3/t13-,14-,15-,16-/m1/s1. The Labute approximate surface area is 135 Å². The minimum atomic E-state index is -0.607. The molecule has 4 atom stereocenters. The molecule has 2 bridgehead atoms. The van der Waals surface area contributed by atoms with Crippen LogP contribution in [-0.4, -0.2) is 34.3 Å². The van der Waals surface area contributed by atoms with E-state index in [4.69, 9.17) is 16.3 Å². The molecular formula is C17H20ClNO3. The molecule has 0 N–H and O–H groups in total. The van der Waals surface area contributed by atoms with Crippen molar-refractivity contribution in [3.63, 3.8) is 0 Å². The molecule has 4 nitrogen and oxygen atoms in total. The number of hydrogen-bond donors (Lipinski definition) is 0. The molecule has 0 spiro atoms. The van der Waals surface area contributed by atoms with Gasteiger partial charge in [0.1, 0.15) is 11.5 Å². The first-order valence-corrected chi connectivity index (χ1v) is 8.15. The number of likely N-dealkylation sites (tertiary alicyclic amines) is 1. The number of esters is 1. The lowest BCUT2D eigenvalue weighted by atomic mass is 9.76. The van der Waals surface area contributed by atoms with E-state index in [1.807, 2.05) is 35.2 Å². The van der Waals surface area contributed by atoms with Gasteiger partial charge < -0.3 is 9.64 Å². The van der Waals surface area contributed by atoms with Crippen molar-refractivity contribution in [1.82, 2.24) is 4.90 Å². The quantitative estimate of drug-likeness (QED) is 0.635. The Bertz CT molecular complexity index is 562. The van der Waals surface area contributed by atoms with Gasteiger partial charge in [0.2, 0.25) is 5.91 Å². The monoisotopic (exact) mass is 321 g/mol. The van der Waals surface area contributed by atoms with E-state index in [1.165, 1.54) is 6.92 Å². The Morgan fingerprint density at radius 3 is 2.73 bits per heavy atom. The van der Waals surface area contributed by atoms with Crippen LogP contribution in [0.15, 0.2) is 30.3 Å². The number of benzene rings is 1. The fraction of sp³-hybridized carbons (Fsp3) is 0.529. The molecule has 0 unspecified atom stereocenters. The normalized spacial score (nSPS) is 31.0. The van der Waals surface area contributed by atoms with Crippen LogP contribution in [-0.2, 0) is 20.9 Å². The molecular weight excluding hydrogens is 302 g/mol. The third-order valence-electron chi connectivity index (χ3n) is 4.65. The maximum absolute atomic E-state index is 12.6. The van der Waals surface area contributed by atoms with Gasteiger partial charge in [-0.3, -0.25) is 9.59 Å². The summed E-state index contributed by atoms with van der Waals surface area (Å²) in [5, 5.41) is -0.607. The van der Waals surface area contributed by atoms with Crippen molar-refractivity contribution < 1.29 is 14.3 Å². The molecule has 22 heavy (non-hydrogen) atoms. The number of ether oxygens (including phenoxy) is 1. The van der Waals surface area contributed by atoms with E-state index >= 15 is 0 Å². The first-order chi connectivity index (χ1) is 10.6. The van der Waals surface area contributed by atoms with E-state index in [9.17, 15) is 9.59 Å². The number of fused-ring (bicyclic) bond motifs is 2. The zero-order valence-corrected chi connectivity index (χ0v) is 13.3. The molecule has 1 aliphatic heterocycles. The summed E-state index contributed by atoms with van der Waals surface area (Å²) in [6.07, 6.45) is 2.22. The summed E-state index contributed by atoms with van der Waals surface area (Å²) in [5.74, 6) is -0.404. The number of halogens is 1. The van der Waals surface area contributed by atoms with E-state index in [0.717, 1.165) is 24.8 Å². The molecule has 1 saturated heterocycles. The van der Waals surface area contributed by atoms with Crippen molar-refractivity contribution in [2.24, 2.45) is 5.92 Å². The Morgan fingerprint density at radius 1 is 1.32 bits per heavy atom. The van der Waals surface area contributed by atoms with Gasteiger partial charge in [0.15, 0.2) is 0 Å². The van der Waals surface area contributed by atoms with E-state index in [-0.39, 0.29) is 29.9 Å². The Balaban J connectivity index is 1.75. The van der Waals surface area contributed by atoms with E-state index in [1.54, 1.807) is 0 Å². The average Bonchev–Trinajstić information content (AvgIpc) is 2.51.